The molecule has 1 aromatic carbocycles. The highest BCUT2D eigenvalue weighted by Gasteiger charge is 2.45. The minimum absolute atomic E-state index is 0.0807. The second-order valence-electron chi connectivity index (χ2n) is 6.34. The van der Waals surface area contributed by atoms with E-state index in [9.17, 15) is 13.2 Å². The van der Waals surface area contributed by atoms with Crippen LogP contribution in [0.1, 0.15) is 42.9 Å². The van der Waals surface area contributed by atoms with Crippen molar-refractivity contribution in [2.45, 2.75) is 38.1 Å². The summed E-state index contributed by atoms with van der Waals surface area (Å²) in [5.41, 5.74) is 2.27. The van der Waals surface area contributed by atoms with Crippen LogP contribution in [0, 0.1) is 11.8 Å². The van der Waals surface area contributed by atoms with Crippen molar-refractivity contribution in [1.29, 1.82) is 0 Å². The molecule has 0 bridgehead atoms. The quantitative estimate of drug-likeness (QED) is 0.813. The van der Waals surface area contributed by atoms with Crippen molar-refractivity contribution in [3.63, 3.8) is 0 Å². The van der Waals surface area contributed by atoms with Gasteiger partial charge < -0.3 is 5.11 Å². The maximum absolute atomic E-state index is 12.3. The smallest absolute Gasteiger partial charge is 0.306 e. The predicted octanol–water partition coefficient (Wildman–Crippen LogP) is 2.09. The fourth-order valence-electron chi connectivity index (χ4n) is 3.32. The van der Waals surface area contributed by atoms with Gasteiger partial charge in [0.15, 0.2) is 0 Å². The molecule has 0 heterocycles. The molecular weight excluding hydrogens is 302 g/mol. The Balaban J connectivity index is 1.71. The van der Waals surface area contributed by atoms with Crippen LogP contribution in [0.15, 0.2) is 24.3 Å². The van der Waals surface area contributed by atoms with Crippen LogP contribution in [0.2, 0.25) is 0 Å². The van der Waals surface area contributed by atoms with Crippen LogP contribution in [0.5, 0.6) is 0 Å². The van der Waals surface area contributed by atoms with Crippen molar-refractivity contribution in [2.75, 3.05) is 5.75 Å². The standard InChI is InChI=1S/C16H21NO4S/c18-16(19)14-9-12(14)10-22(20,21)17-15-8-4-2-6-11-5-1-3-7-13(11)15/h1,3,5,7,12,14-15,17H,2,4,6,8-10H2,(H,18,19)/t12-,14-,15?/m1/s1. The third-order valence-corrected chi connectivity index (χ3v) is 6.13. The lowest BCUT2D eigenvalue weighted by molar-refractivity contribution is -0.138. The summed E-state index contributed by atoms with van der Waals surface area (Å²) in [6.45, 7) is 0. The highest BCUT2D eigenvalue weighted by molar-refractivity contribution is 7.89. The number of sulfonamides is 1. The first kappa shape index (κ1) is 15.5. The van der Waals surface area contributed by atoms with Gasteiger partial charge in [0.2, 0.25) is 10.0 Å². The van der Waals surface area contributed by atoms with Gasteiger partial charge >= 0.3 is 5.97 Å². The molecule has 1 unspecified atom stereocenters. The number of benzene rings is 1. The highest BCUT2D eigenvalue weighted by atomic mass is 32.2. The molecule has 0 saturated heterocycles. The monoisotopic (exact) mass is 323 g/mol. The molecule has 1 fully saturated rings. The molecule has 5 nitrogen and oxygen atoms in total. The number of hydrogen-bond acceptors (Lipinski definition) is 3. The number of carbonyl (C=O) groups is 1. The topological polar surface area (TPSA) is 83.5 Å². The van der Waals surface area contributed by atoms with Crippen molar-refractivity contribution >= 4 is 16.0 Å². The van der Waals surface area contributed by atoms with E-state index in [-0.39, 0.29) is 17.7 Å². The number of rotatable bonds is 5. The molecule has 0 radical (unpaired) electrons. The van der Waals surface area contributed by atoms with Crippen molar-refractivity contribution in [3.05, 3.63) is 35.4 Å². The first-order valence-corrected chi connectivity index (χ1v) is 9.42. The zero-order valence-corrected chi connectivity index (χ0v) is 13.2. The first-order chi connectivity index (χ1) is 10.5. The van der Waals surface area contributed by atoms with Crippen molar-refractivity contribution in [3.8, 4) is 0 Å². The Morgan fingerprint density at radius 1 is 1.27 bits per heavy atom. The molecule has 2 aliphatic rings. The molecule has 0 amide bonds. The molecule has 0 spiro atoms. The van der Waals surface area contributed by atoms with E-state index in [2.05, 4.69) is 10.8 Å². The lowest BCUT2D eigenvalue weighted by atomic mass is 10.0. The average Bonchev–Trinajstić information content (AvgIpc) is 3.22. The van der Waals surface area contributed by atoms with Crippen LogP contribution in [0.4, 0.5) is 0 Å². The van der Waals surface area contributed by atoms with E-state index in [1.165, 1.54) is 5.56 Å². The van der Waals surface area contributed by atoms with Gasteiger partial charge in [-0.25, -0.2) is 13.1 Å². The van der Waals surface area contributed by atoms with Crippen LogP contribution < -0.4 is 4.72 Å². The second-order valence-corrected chi connectivity index (χ2v) is 8.14. The number of nitrogens with one attached hydrogen (secondary N) is 1. The zero-order valence-electron chi connectivity index (χ0n) is 12.4. The summed E-state index contributed by atoms with van der Waals surface area (Å²) in [5, 5.41) is 8.89. The Kier molecular flexibility index (Phi) is 4.23. The minimum atomic E-state index is -3.46. The number of fused-ring (bicyclic) bond motifs is 1. The Morgan fingerprint density at radius 3 is 2.77 bits per heavy atom. The van der Waals surface area contributed by atoms with Gasteiger partial charge in [0.05, 0.1) is 11.7 Å². The molecule has 1 saturated carbocycles. The highest BCUT2D eigenvalue weighted by Crippen LogP contribution is 2.40. The van der Waals surface area contributed by atoms with Gasteiger partial charge in [0.1, 0.15) is 0 Å². The van der Waals surface area contributed by atoms with Crippen LogP contribution in [-0.2, 0) is 21.2 Å². The SMILES string of the molecule is O=C(O)[C@@H]1C[C@@H]1CS(=O)(=O)NC1CCCCc2ccccc21. The molecule has 3 atom stereocenters. The van der Waals surface area contributed by atoms with Gasteiger partial charge in [0, 0.05) is 6.04 Å². The zero-order chi connectivity index (χ0) is 15.7. The van der Waals surface area contributed by atoms with Gasteiger partial charge in [-0.3, -0.25) is 4.79 Å². The summed E-state index contributed by atoms with van der Waals surface area (Å²) >= 11 is 0. The number of carboxylic acid groups (broad SMARTS) is 1. The van der Waals surface area contributed by atoms with E-state index < -0.39 is 21.9 Å². The van der Waals surface area contributed by atoms with Gasteiger partial charge in [-0.05, 0) is 42.7 Å². The Labute approximate surface area is 130 Å². The Hall–Kier alpha value is -1.40. The second kappa shape index (κ2) is 6.01. The molecule has 3 rings (SSSR count). The van der Waals surface area contributed by atoms with Gasteiger partial charge in [0.25, 0.3) is 0 Å². The van der Waals surface area contributed by atoms with E-state index in [0.29, 0.717) is 6.42 Å². The van der Waals surface area contributed by atoms with E-state index in [1.54, 1.807) is 0 Å². The average molecular weight is 323 g/mol. The maximum atomic E-state index is 12.3. The number of hydrogen-bond donors (Lipinski definition) is 2. The maximum Gasteiger partial charge on any atom is 0.306 e. The fraction of sp³-hybridized carbons (Fsp3) is 0.562. The molecule has 1 aromatic rings. The summed E-state index contributed by atoms with van der Waals surface area (Å²) in [5.74, 6) is -1.70. The normalized spacial score (nSPS) is 27.7. The van der Waals surface area contributed by atoms with Crippen molar-refractivity contribution < 1.29 is 18.3 Å². The van der Waals surface area contributed by atoms with Crippen LogP contribution in [-0.4, -0.2) is 25.2 Å². The van der Waals surface area contributed by atoms with Gasteiger partial charge in [-0.2, -0.15) is 0 Å². The van der Waals surface area contributed by atoms with E-state index in [0.717, 1.165) is 31.2 Å². The van der Waals surface area contributed by atoms with Crippen LogP contribution in [0.3, 0.4) is 0 Å². The summed E-state index contributed by atoms with van der Waals surface area (Å²) in [4.78, 5) is 10.8. The molecule has 6 heteroatoms. The largest absolute Gasteiger partial charge is 0.481 e. The predicted molar refractivity (Wildman–Crippen MR) is 82.9 cm³/mol. The van der Waals surface area contributed by atoms with Crippen molar-refractivity contribution in [2.24, 2.45) is 11.8 Å². The van der Waals surface area contributed by atoms with E-state index in [1.807, 2.05) is 18.2 Å². The molecule has 120 valence electrons. The lowest BCUT2D eigenvalue weighted by Crippen LogP contribution is -2.32. The third kappa shape index (κ3) is 3.50. The first-order valence-electron chi connectivity index (χ1n) is 7.77. The number of carboxylic acids is 1. The molecule has 0 aliphatic heterocycles. The van der Waals surface area contributed by atoms with E-state index in [4.69, 9.17) is 5.11 Å². The minimum Gasteiger partial charge on any atom is -0.481 e. The third-order valence-electron chi connectivity index (χ3n) is 4.61. The molecular formula is C16H21NO4S. The van der Waals surface area contributed by atoms with Gasteiger partial charge in [-0.1, -0.05) is 30.7 Å². The van der Waals surface area contributed by atoms with Gasteiger partial charge in [-0.15, -0.1) is 0 Å². The van der Waals surface area contributed by atoms with Crippen LogP contribution >= 0.6 is 0 Å². The number of aliphatic carboxylic acids is 1. The molecule has 0 aromatic heterocycles. The van der Waals surface area contributed by atoms with Crippen molar-refractivity contribution in [1.82, 2.24) is 4.72 Å². The van der Waals surface area contributed by atoms with Crippen LogP contribution in [0.25, 0.3) is 0 Å². The summed E-state index contributed by atoms with van der Waals surface area (Å²) in [6.07, 6.45) is 4.31. The molecule has 2 N–H and O–H groups in total. The number of aryl methyl sites for hydroxylation is 1. The summed E-state index contributed by atoms with van der Waals surface area (Å²) < 4.78 is 27.5. The summed E-state index contributed by atoms with van der Waals surface area (Å²) in [7, 11) is -3.46. The Morgan fingerprint density at radius 2 is 2.05 bits per heavy atom. The summed E-state index contributed by atoms with van der Waals surface area (Å²) in [6, 6.07) is 7.78. The lowest BCUT2D eigenvalue weighted by Gasteiger charge is -2.19. The fourth-order valence-corrected chi connectivity index (χ4v) is 5.03. The molecule has 2 aliphatic carbocycles. The van der Waals surface area contributed by atoms with E-state index >= 15 is 0 Å². The Bertz CT molecular complexity index is 670. The molecule has 22 heavy (non-hydrogen) atoms.